The fraction of sp³-hybridized carbons (Fsp3) is 0. The van der Waals surface area contributed by atoms with Crippen molar-refractivity contribution in [2.45, 2.75) is 14.7 Å². The molecule has 0 saturated carbocycles. The van der Waals surface area contributed by atoms with Crippen LogP contribution in [-0.2, 0) is 33.2 Å². The Hall–Kier alpha value is -1.58. The van der Waals surface area contributed by atoms with E-state index in [9.17, 15) is 26.3 Å². The molecule has 3 unspecified atom stereocenters. The minimum absolute atomic E-state index is 0.0945. The second-order valence-corrected chi connectivity index (χ2v) is 10.6. The van der Waals surface area contributed by atoms with Gasteiger partial charge in [-0.2, -0.15) is 0 Å². The highest BCUT2D eigenvalue weighted by molar-refractivity contribution is 7.81. The van der Waals surface area contributed by atoms with Crippen molar-refractivity contribution >= 4 is 57.1 Å². The minimum Gasteiger partial charge on any atom is -0.768 e. The summed E-state index contributed by atoms with van der Waals surface area (Å²) in [6.07, 6.45) is 0. The van der Waals surface area contributed by atoms with Crippen molar-refractivity contribution in [3.05, 3.63) is 72.8 Å². The molecule has 28 heavy (non-hydrogen) atoms. The van der Waals surface area contributed by atoms with Gasteiger partial charge in [-0.15, -0.1) is 0 Å². The lowest BCUT2D eigenvalue weighted by molar-refractivity contribution is 0.535. The number of benzene rings is 3. The molecule has 3 rings (SSSR count). The van der Waals surface area contributed by atoms with Crippen LogP contribution >= 0.6 is 7.92 Å². The van der Waals surface area contributed by atoms with Gasteiger partial charge in [-0.3, -0.25) is 12.6 Å². The molecule has 0 saturated heterocycles. The number of hydrogen-bond acceptors (Lipinski definition) is 6. The van der Waals surface area contributed by atoms with Crippen LogP contribution in [0.1, 0.15) is 0 Å². The zero-order valence-electron chi connectivity index (χ0n) is 14.0. The Balaban J connectivity index is 2.22. The molecule has 0 heterocycles. The smallest absolute Gasteiger partial charge is 0.0255 e. The molecule has 3 aromatic carbocycles. The van der Waals surface area contributed by atoms with Crippen LogP contribution in [0.4, 0.5) is 0 Å². The van der Waals surface area contributed by atoms with Crippen molar-refractivity contribution in [1.29, 1.82) is 0 Å². The Bertz CT molecular complexity index is 951. The SMILES string of the molecule is O=S([O-])c1cccc(P(c2cccc(S(=O)[O-])c2)c2cccc(S(=O)[O-])c2)c1. The molecule has 0 bridgehead atoms. The highest BCUT2D eigenvalue weighted by Crippen LogP contribution is 2.34. The standard InChI is InChI=1S/C18H15O6PS3/c19-26(20)16-7-1-4-13(10-16)25(14-5-2-8-17(11-14)27(21)22)15-6-3-9-18(12-15)28(23)24/h1-12H,(H,19,20)(H,21,22)(H,23,24)/p-3. The molecular formula is C18H12O6PS3-3. The lowest BCUT2D eigenvalue weighted by Crippen LogP contribution is -2.22. The van der Waals surface area contributed by atoms with E-state index in [1.807, 2.05) is 0 Å². The number of rotatable bonds is 6. The molecule has 0 spiro atoms. The average molecular weight is 451 g/mol. The summed E-state index contributed by atoms with van der Waals surface area (Å²) in [6.45, 7) is 0. The molecule has 0 aliphatic heterocycles. The Morgan fingerprint density at radius 1 is 0.536 bits per heavy atom. The van der Waals surface area contributed by atoms with Crippen LogP contribution in [0, 0.1) is 0 Å². The van der Waals surface area contributed by atoms with Crippen LogP contribution < -0.4 is 15.9 Å². The van der Waals surface area contributed by atoms with Gasteiger partial charge in [0.05, 0.1) is 0 Å². The van der Waals surface area contributed by atoms with Gasteiger partial charge in [0.15, 0.2) is 0 Å². The molecule has 0 amide bonds. The molecule has 146 valence electrons. The quantitative estimate of drug-likeness (QED) is 0.410. The predicted octanol–water partition coefficient (Wildman–Crippen LogP) is 1.16. The molecule has 0 aliphatic rings. The van der Waals surface area contributed by atoms with Gasteiger partial charge >= 0.3 is 0 Å². The summed E-state index contributed by atoms with van der Waals surface area (Å²) in [6, 6.07) is 18.9. The fourth-order valence-electron chi connectivity index (χ4n) is 2.63. The van der Waals surface area contributed by atoms with E-state index >= 15 is 0 Å². The van der Waals surface area contributed by atoms with Crippen molar-refractivity contribution in [3.63, 3.8) is 0 Å². The first-order chi connectivity index (χ1) is 13.4. The van der Waals surface area contributed by atoms with Crippen LogP contribution in [0.5, 0.6) is 0 Å². The summed E-state index contributed by atoms with van der Waals surface area (Å²) >= 11 is -7.29. The van der Waals surface area contributed by atoms with E-state index in [4.69, 9.17) is 0 Å². The Morgan fingerprint density at radius 3 is 1.07 bits per heavy atom. The second-order valence-electron chi connectivity index (χ2n) is 5.53. The average Bonchev–Trinajstić information content (AvgIpc) is 2.69. The fourth-order valence-corrected chi connectivity index (χ4v) is 6.53. The summed E-state index contributed by atoms with van der Waals surface area (Å²) in [5, 5.41) is 1.96. The topological polar surface area (TPSA) is 120 Å². The van der Waals surface area contributed by atoms with Gasteiger partial charge in [0.2, 0.25) is 0 Å². The first-order valence-electron chi connectivity index (χ1n) is 7.75. The van der Waals surface area contributed by atoms with Gasteiger partial charge in [0, 0.05) is 14.7 Å². The Morgan fingerprint density at radius 2 is 0.821 bits per heavy atom. The van der Waals surface area contributed by atoms with E-state index in [0.29, 0.717) is 15.9 Å². The largest absolute Gasteiger partial charge is 0.768 e. The summed E-state index contributed by atoms with van der Waals surface area (Å²) in [7, 11) is -1.39. The van der Waals surface area contributed by atoms with Gasteiger partial charge in [-0.1, -0.05) is 36.4 Å². The van der Waals surface area contributed by atoms with Gasteiger partial charge in [-0.05, 0) is 93.5 Å². The van der Waals surface area contributed by atoms with Crippen LogP contribution in [0.15, 0.2) is 87.5 Å². The van der Waals surface area contributed by atoms with Crippen molar-refractivity contribution in [2.75, 3.05) is 0 Å². The molecule has 0 aromatic heterocycles. The third-order valence-electron chi connectivity index (χ3n) is 3.80. The molecule has 3 atom stereocenters. The van der Waals surface area contributed by atoms with Gasteiger partial charge in [-0.25, -0.2) is 0 Å². The van der Waals surface area contributed by atoms with E-state index in [0.717, 1.165) is 0 Å². The van der Waals surface area contributed by atoms with Gasteiger partial charge in [0.25, 0.3) is 0 Å². The van der Waals surface area contributed by atoms with Crippen LogP contribution in [0.3, 0.4) is 0 Å². The maximum atomic E-state index is 11.4. The first kappa shape index (κ1) is 21.1. The van der Waals surface area contributed by atoms with E-state index in [2.05, 4.69) is 0 Å². The molecule has 10 heteroatoms. The molecule has 0 fully saturated rings. The third kappa shape index (κ3) is 4.87. The number of hydrogen-bond donors (Lipinski definition) is 0. The van der Waals surface area contributed by atoms with E-state index < -0.39 is 41.2 Å². The minimum atomic E-state index is -2.43. The summed E-state index contributed by atoms with van der Waals surface area (Å²) < 4.78 is 68.3. The Kier molecular flexibility index (Phi) is 7.00. The van der Waals surface area contributed by atoms with Crippen LogP contribution in [0.2, 0.25) is 0 Å². The molecule has 6 nitrogen and oxygen atoms in total. The normalized spacial score (nSPS) is 15.5. The van der Waals surface area contributed by atoms with E-state index in [1.165, 1.54) is 36.4 Å². The first-order valence-corrected chi connectivity index (χ1v) is 12.3. The maximum Gasteiger partial charge on any atom is 0.0255 e. The third-order valence-corrected chi connectivity index (χ3v) is 8.11. The highest BCUT2D eigenvalue weighted by atomic mass is 32.2. The Labute approximate surface area is 170 Å². The van der Waals surface area contributed by atoms with Crippen molar-refractivity contribution in [2.24, 2.45) is 0 Å². The van der Waals surface area contributed by atoms with E-state index in [-0.39, 0.29) is 14.7 Å². The zero-order chi connectivity index (χ0) is 20.3. The summed E-state index contributed by atoms with van der Waals surface area (Å²) in [5.41, 5.74) is 0. The molecule has 0 radical (unpaired) electrons. The lowest BCUT2D eigenvalue weighted by atomic mass is 10.3. The van der Waals surface area contributed by atoms with Crippen molar-refractivity contribution < 1.29 is 26.3 Å². The zero-order valence-corrected chi connectivity index (χ0v) is 17.4. The van der Waals surface area contributed by atoms with Gasteiger partial charge in [0.1, 0.15) is 0 Å². The van der Waals surface area contributed by atoms with Crippen molar-refractivity contribution in [3.8, 4) is 0 Å². The second kappa shape index (κ2) is 9.28. The summed E-state index contributed by atoms with van der Waals surface area (Å²) in [5.74, 6) is 0. The highest BCUT2D eigenvalue weighted by Gasteiger charge is 2.18. The van der Waals surface area contributed by atoms with Crippen molar-refractivity contribution in [1.82, 2.24) is 0 Å². The van der Waals surface area contributed by atoms with Crippen LogP contribution in [-0.4, -0.2) is 26.3 Å². The molecule has 0 N–H and O–H groups in total. The van der Waals surface area contributed by atoms with Crippen LogP contribution in [0.25, 0.3) is 0 Å². The maximum absolute atomic E-state index is 11.4. The van der Waals surface area contributed by atoms with E-state index in [1.54, 1.807) is 36.4 Å². The lowest BCUT2D eigenvalue weighted by Gasteiger charge is -2.22. The molecule has 0 aliphatic carbocycles. The molecular weight excluding hydrogens is 439 g/mol. The summed E-state index contributed by atoms with van der Waals surface area (Å²) in [4.78, 5) is 0.284. The molecule has 3 aromatic rings. The predicted molar refractivity (Wildman–Crippen MR) is 107 cm³/mol. The monoisotopic (exact) mass is 451 g/mol. The van der Waals surface area contributed by atoms with Gasteiger partial charge < -0.3 is 13.7 Å².